The number of hydrogen-bond donors (Lipinski definition) is 2. The average molecular weight is 284 g/mol. The van der Waals surface area contributed by atoms with Crippen molar-refractivity contribution in [3.05, 3.63) is 0 Å². The van der Waals surface area contributed by atoms with Crippen molar-refractivity contribution in [3.63, 3.8) is 0 Å². The molecule has 0 aromatic carbocycles. The molecule has 2 aliphatic heterocycles. The minimum absolute atomic E-state index is 0.0552. The lowest BCUT2D eigenvalue weighted by Crippen LogP contribution is -2.53. The van der Waals surface area contributed by atoms with Gasteiger partial charge in [0.25, 0.3) is 0 Å². The molecular weight excluding hydrogens is 256 g/mol. The number of piperazine rings is 1. The van der Waals surface area contributed by atoms with E-state index in [1.54, 1.807) is 0 Å². The number of likely N-dealkylation sites (tertiary alicyclic amines) is 1. The first kappa shape index (κ1) is 15.7. The second kappa shape index (κ2) is 7.93. The zero-order valence-electron chi connectivity index (χ0n) is 12.6. The summed E-state index contributed by atoms with van der Waals surface area (Å²) >= 11 is 0. The molecule has 1 amide bonds. The zero-order valence-corrected chi connectivity index (χ0v) is 12.6. The molecule has 2 saturated heterocycles. The summed E-state index contributed by atoms with van der Waals surface area (Å²) in [5.41, 5.74) is 0. The SMILES string of the molecule is CN1CCC(N(CCO)C(=O)CN2CCNCC2)CC1. The number of carbonyl (C=O) groups excluding carboxylic acids is 1. The lowest BCUT2D eigenvalue weighted by atomic mass is 10.0. The molecule has 0 aliphatic carbocycles. The number of nitrogens with one attached hydrogen (secondary N) is 1. The lowest BCUT2D eigenvalue weighted by molar-refractivity contribution is -0.136. The van der Waals surface area contributed by atoms with Gasteiger partial charge in [0.2, 0.25) is 5.91 Å². The van der Waals surface area contributed by atoms with Gasteiger partial charge in [0, 0.05) is 38.8 Å². The van der Waals surface area contributed by atoms with Crippen LogP contribution >= 0.6 is 0 Å². The van der Waals surface area contributed by atoms with Crippen molar-refractivity contribution >= 4 is 5.91 Å². The maximum absolute atomic E-state index is 12.5. The molecule has 6 heteroatoms. The summed E-state index contributed by atoms with van der Waals surface area (Å²) in [7, 11) is 2.12. The molecule has 0 atom stereocenters. The lowest BCUT2D eigenvalue weighted by Gasteiger charge is -2.38. The van der Waals surface area contributed by atoms with E-state index in [1.807, 2.05) is 4.90 Å². The number of amides is 1. The fourth-order valence-corrected chi connectivity index (χ4v) is 3.08. The molecular formula is C14H28N4O2. The molecule has 2 fully saturated rings. The van der Waals surface area contributed by atoms with Crippen molar-refractivity contribution in [2.75, 3.05) is 66.0 Å². The quantitative estimate of drug-likeness (QED) is 0.665. The number of hydrogen-bond acceptors (Lipinski definition) is 5. The highest BCUT2D eigenvalue weighted by Gasteiger charge is 2.27. The standard InChI is InChI=1S/C14H28N4O2/c1-16-6-2-13(3-7-16)18(10-11-19)14(20)12-17-8-4-15-5-9-17/h13,15,19H,2-12H2,1H3. The third kappa shape index (κ3) is 4.41. The van der Waals surface area contributed by atoms with Gasteiger partial charge in [-0.25, -0.2) is 0 Å². The van der Waals surface area contributed by atoms with Gasteiger partial charge in [0.05, 0.1) is 13.2 Å². The largest absolute Gasteiger partial charge is 0.395 e. The van der Waals surface area contributed by atoms with Gasteiger partial charge in [-0.1, -0.05) is 0 Å². The van der Waals surface area contributed by atoms with E-state index in [1.165, 1.54) is 0 Å². The molecule has 2 heterocycles. The van der Waals surface area contributed by atoms with Crippen LogP contribution in [0.2, 0.25) is 0 Å². The molecule has 0 unspecified atom stereocenters. The Hall–Kier alpha value is -0.690. The molecule has 0 bridgehead atoms. The van der Waals surface area contributed by atoms with E-state index in [9.17, 15) is 9.90 Å². The van der Waals surface area contributed by atoms with E-state index in [0.29, 0.717) is 19.1 Å². The summed E-state index contributed by atoms with van der Waals surface area (Å²) in [6.45, 7) is 6.88. The number of piperidine rings is 1. The van der Waals surface area contributed by atoms with Gasteiger partial charge in [-0.05, 0) is 33.0 Å². The molecule has 6 nitrogen and oxygen atoms in total. The van der Waals surface area contributed by atoms with Crippen molar-refractivity contribution in [1.82, 2.24) is 20.0 Å². The average Bonchev–Trinajstić information content (AvgIpc) is 2.47. The van der Waals surface area contributed by atoms with Crippen LogP contribution in [0.15, 0.2) is 0 Å². The minimum atomic E-state index is 0.0552. The molecule has 0 saturated carbocycles. The first-order chi connectivity index (χ1) is 9.70. The number of carbonyl (C=O) groups is 1. The predicted octanol–water partition coefficient (Wildman–Crippen LogP) is -1.19. The van der Waals surface area contributed by atoms with Crippen molar-refractivity contribution in [2.45, 2.75) is 18.9 Å². The van der Waals surface area contributed by atoms with E-state index in [2.05, 4.69) is 22.2 Å². The van der Waals surface area contributed by atoms with E-state index in [4.69, 9.17) is 0 Å². The Morgan fingerprint density at radius 3 is 2.50 bits per heavy atom. The van der Waals surface area contributed by atoms with Crippen molar-refractivity contribution < 1.29 is 9.90 Å². The van der Waals surface area contributed by atoms with Crippen molar-refractivity contribution in [3.8, 4) is 0 Å². The Morgan fingerprint density at radius 1 is 1.25 bits per heavy atom. The summed E-state index contributed by atoms with van der Waals surface area (Å²) in [5.74, 6) is 0.176. The van der Waals surface area contributed by atoms with Crippen molar-refractivity contribution in [1.29, 1.82) is 0 Å². The number of aliphatic hydroxyl groups is 1. The number of aliphatic hydroxyl groups excluding tert-OH is 1. The summed E-state index contributed by atoms with van der Waals surface area (Å²) in [4.78, 5) is 18.9. The van der Waals surface area contributed by atoms with Crippen LogP contribution < -0.4 is 5.32 Å². The normalized spacial score (nSPS) is 22.9. The monoisotopic (exact) mass is 284 g/mol. The Balaban J connectivity index is 1.87. The Kier molecular flexibility index (Phi) is 6.22. The summed E-state index contributed by atoms with van der Waals surface area (Å²) < 4.78 is 0. The van der Waals surface area contributed by atoms with E-state index >= 15 is 0 Å². The summed E-state index contributed by atoms with van der Waals surface area (Å²) in [6.07, 6.45) is 2.04. The molecule has 0 spiro atoms. The van der Waals surface area contributed by atoms with Crippen LogP contribution in [0.25, 0.3) is 0 Å². The molecule has 116 valence electrons. The fourth-order valence-electron chi connectivity index (χ4n) is 3.08. The molecule has 2 aliphatic rings. The van der Waals surface area contributed by atoms with Crippen LogP contribution in [-0.2, 0) is 4.79 Å². The highest BCUT2D eigenvalue weighted by atomic mass is 16.3. The number of nitrogens with zero attached hydrogens (tertiary/aromatic N) is 3. The Morgan fingerprint density at radius 2 is 1.90 bits per heavy atom. The smallest absolute Gasteiger partial charge is 0.237 e. The minimum Gasteiger partial charge on any atom is -0.395 e. The Bertz CT molecular complexity index is 300. The second-order valence-electron chi connectivity index (χ2n) is 5.87. The molecule has 0 aromatic rings. The van der Waals surface area contributed by atoms with Gasteiger partial charge in [0.15, 0.2) is 0 Å². The molecule has 2 rings (SSSR count). The van der Waals surface area contributed by atoms with Gasteiger partial charge < -0.3 is 20.2 Å². The summed E-state index contributed by atoms with van der Waals surface area (Å²) in [6, 6.07) is 0.300. The van der Waals surface area contributed by atoms with Crippen LogP contribution in [-0.4, -0.2) is 97.8 Å². The molecule has 0 aromatic heterocycles. The second-order valence-corrected chi connectivity index (χ2v) is 5.87. The van der Waals surface area contributed by atoms with E-state index < -0.39 is 0 Å². The summed E-state index contributed by atoms with van der Waals surface area (Å²) in [5, 5.41) is 12.5. The topological polar surface area (TPSA) is 59.1 Å². The predicted molar refractivity (Wildman–Crippen MR) is 78.6 cm³/mol. The highest BCUT2D eigenvalue weighted by Crippen LogP contribution is 2.16. The van der Waals surface area contributed by atoms with Gasteiger partial charge in [-0.3, -0.25) is 9.69 Å². The molecule has 2 N–H and O–H groups in total. The van der Waals surface area contributed by atoms with Gasteiger partial charge in [-0.2, -0.15) is 0 Å². The van der Waals surface area contributed by atoms with Crippen LogP contribution in [0.5, 0.6) is 0 Å². The first-order valence-corrected chi connectivity index (χ1v) is 7.72. The van der Waals surface area contributed by atoms with Crippen LogP contribution in [0.1, 0.15) is 12.8 Å². The zero-order chi connectivity index (χ0) is 14.4. The van der Waals surface area contributed by atoms with Gasteiger partial charge >= 0.3 is 0 Å². The fraction of sp³-hybridized carbons (Fsp3) is 0.929. The highest BCUT2D eigenvalue weighted by molar-refractivity contribution is 5.78. The molecule has 0 radical (unpaired) electrons. The molecule has 20 heavy (non-hydrogen) atoms. The van der Waals surface area contributed by atoms with Gasteiger partial charge in [-0.15, -0.1) is 0 Å². The maximum atomic E-state index is 12.5. The first-order valence-electron chi connectivity index (χ1n) is 7.72. The number of rotatable bonds is 5. The maximum Gasteiger partial charge on any atom is 0.237 e. The van der Waals surface area contributed by atoms with E-state index in [0.717, 1.165) is 52.1 Å². The van der Waals surface area contributed by atoms with Crippen LogP contribution in [0, 0.1) is 0 Å². The third-order valence-electron chi connectivity index (χ3n) is 4.36. The van der Waals surface area contributed by atoms with Crippen LogP contribution in [0.3, 0.4) is 0 Å². The van der Waals surface area contributed by atoms with Crippen molar-refractivity contribution in [2.24, 2.45) is 0 Å². The Labute approximate surface area is 121 Å². The third-order valence-corrected chi connectivity index (χ3v) is 4.36. The van der Waals surface area contributed by atoms with Crippen LogP contribution in [0.4, 0.5) is 0 Å². The van der Waals surface area contributed by atoms with Gasteiger partial charge in [0.1, 0.15) is 0 Å². The van der Waals surface area contributed by atoms with E-state index in [-0.39, 0.29) is 12.5 Å².